The number of hydrogen-bond donors (Lipinski definition) is 1. The number of nitrogens with one attached hydrogen (secondary N) is 1. The van der Waals surface area contributed by atoms with Crippen LogP contribution in [-0.4, -0.2) is 65.4 Å². The number of rotatable bonds is 6. The van der Waals surface area contributed by atoms with E-state index in [2.05, 4.69) is 27.0 Å². The van der Waals surface area contributed by atoms with E-state index in [1.54, 1.807) is 11.0 Å². The van der Waals surface area contributed by atoms with E-state index in [1.165, 1.54) is 24.8 Å². The maximum absolute atomic E-state index is 12.4. The van der Waals surface area contributed by atoms with Crippen LogP contribution in [0.1, 0.15) is 69.8 Å². The number of anilines is 1. The number of carbonyl (C=O) groups is 2. The van der Waals surface area contributed by atoms with Crippen molar-refractivity contribution in [3.05, 3.63) is 30.0 Å². The molecule has 1 unspecified atom stereocenters. The second-order valence-electron chi connectivity index (χ2n) is 9.84. The predicted molar refractivity (Wildman–Crippen MR) is 125 cm³/mol. The molecule has 1 atom stereocenters. The van der Waals surface area contributed by atoms with Crippen LogP contribution in [0, 0.1) is 5.92 Å². The van der Waals surface area contributed by atoms with E-state index in [-0.39, 0.29) is 12.0 Å². The van der Waals surface area contributed by atoms with Crippen LogP contribution in [0.4, 0.5) is 10.6 Å². The first kappa shape index (κ1) is 24.0. The molecule has 1 aromatic heterocycles. The van der Waals surface area contributed by atoms with Crippen LogP contribution in [0.5, 0.6) is 0 Å². The Labute approximate surface area is 191 Å². The highest BCUT2D eigenvalue weighted by Gasteiger charge is 2.26. The van der Waals surface area contributed by atoms with Crippen LogP contribution >= 0.6 is 0 Å². The highest BCUT2D eigenvalue weighted by Crippen LogP contribution is 2.30. The number of hydrogen-bond acceptors (Lipinski definition) is 6. The fourth-order valence-corrected chi connectivity index (χ4v) is 4.24. The van der Waals surface area contributed by atoms with E-state index in [0.29, 0.717) is 50.2 Å². The Morgan fingerprint density at radius 2 is 1.94 bits per heavy atom. The van der Waals surface area contributed by atoms with Crippen molar-refractivity contribution in [2.75, 3.05) is 37.6 Å². The predicted octanol–water partition coefficient (Wildman–Crippen LogP) is 3.79. The van der Waals surface area contributed by atoms with Crippen LogP contribution in [0.15, 0.2) is 24.3 Å². The molecule has 8 nitrogen and oxygen atoms in total. The lowest BCUT2D eigenvalue weighted by Crippen LogP contribution is -2.50. The first-order valence-corrected chi connectivity index (χ1v) is 11.7. The third kappa shape index (κ3) is 7.21. The zero-order valence-corrected chi connectivity index (χ0v) is 19.7. The van der Waals surface area contributed by atoms with Gasteiger partial charge in [0.25, 0.3) is 5.91 Å². The molecule has 0 radical (unpaired) electrons. The maximum atomic E-state index is 12.4. The Hall–Kier alpha value is -2.64. The molecule has 2 heterocycles. The molecule has 0 aromatic carbocycles. The molecule has 8 heteroatoms. The molecule has 32 heavy (non-hydrogen) atoms. The topological polar surface area (TPSA) is 87.7 Å². The number of amides is 2. The lowest BCUT2D eigenvalue weighted by molar-refractivity contribution is 0.0240. The Kier molecular flexibility index (Phi) is 8.10. The summed E-state index contributed by atoms with van der Waals surface area (Å²) < 4.78 is 5.43. The van der Waals surface area contributed by atoms with Crippen molar-refractivity contribution in [1.29, 1.82) is 0 Å². The second kappa shape index (κ2) is 10.8. The summed E-state index contributed by atoms with van der Waals surface area (Å²) in [6.45, 7) is 12.8. The molecule has 1 saturated heterocycles. The molecule has 1 aromatic rings. The minimum absolute atomic E-state index is 0.188. The monoisotopic (exact) mass is 443 g/mol. The van der Waals surface area contributed by atoms with Crippen molar-refractivity contribution < 1.29 is 14.3 Å². The second-order valence-corrected chi connectivity index (χ2v) is 9.84. The van der Waals surface area contributed by atoms with Gasteiger partial charge in [0.05, 0.1) is 0 Å². The van der Waals surface area contributed by atoms with Crippen LogP contribution in [-0.2, 0) is 4.74 Å². The van der Waals surface area contributed by atoms with E-state index < -0.39 is 5.60 Å². The highest BCUT2D eigenvalue weighted by molar-refractivity contribution is 5.92. The molecule has 1 aliphatic heterocycles. The standard InChI is InChI=1S/C24H37N5O3/c1-18-7-5-8-19(17-18)9-6-12-25-22(30)20-10-11-21(27-26-20)28-13-15-29(16-14-28)23(31)32-24(2,3)4/h10-11,19H,1,5-9,12-17H2,2-4H3,(H,25,30). The number of piperazine rings is 1. The summed E-state index contributed by atoms with van der Waals surface area (Å²) in [5.74, 6) is 1.23. The smallest absolute Gasteiger partial charge is 0.410 e. The number of allylic oxidation sites excluding steroid dienone is 1. The zero-order valence-electron chi connectivity index (χ0n) is 19.7. The molecule has 176 valence electrons. The van der Waals surface area contributed by atoms with E-state index in [0.717, 1.165) is 19.3 Å². The molecule has 0 spiro atoms. The van der Waals surface area contributed by atoms with Gasteiger partial charge in [0, 0.05) is 32.7 Å². The van der Waals surface area contributed by atoms with Crippen LogP contribution < -0.4 is 10.2 Å². The Balaban J connectivity index is 1.39. The summed E-state index contributed by atoms with van der Waals surface area (Å²) in [5, 5.41) is 11.3. The molecular weight excluding hydrogens is 406 g/mol. The fourth-order valence-electron chi connectivity index (χ4n) is 4.24. The lowest BCUT2D eigenvalue weighted by Gasteiger charge is -2.35. The molecule has 1 aliphatic carbocycles. The number of carbonyl (C=O) groups excluding carboxylic acids is 2. The fraction of sp³-hybridized carbons (Fsp3) is 0.667. The first-order chi connectivity index (χ1) is 15.2. The molecule has 2 fully saturated rings. The maximum Gasteiger partial charge on any atom is 0.410 e. The minimum atomic E-state index is -0.499. The van der Waals surface area contributed by atoms with Crippen molar-refractivity contribution in [3.63, 3.8) is 0 Å². The Morgan fingerprint density at radius 1 is 1.19 bits per heavy atom. The number of nitrogens with zero attached hydrogens (tertiary/aromatic N) is 4. The number of ether oxygens (including phenoxy) is 1. The first-order valence-electron chi connectivity index (χ1n) is 11.7. The average molecular weight is 444 g/mol. The van der Waals surface area contributed by atoms with Crippen molar-refractivity contribution >= 4 is 17.8 Å². The van der Waals surface area contributed by atoms with Crippen LogP contribution in [0.2, 0.25) is 0 Å². The molecule has 1 N–H and O–H groups in total. The Bertz CT molecular complexity index is 795. The van der Waals surface area contributed by atoms with Crippen molar-refractivity contribution in [3.8, 4) is 0 Å². The third-order valence-electron chi connectivity index (χ3n) is 5.93. The SMILES string of the molecule is C=C1CCCC(CCCNC(=O)c2ccc(N3CCN(C(=O)OC(C)(C)C)CC3)nn2)C1. The van der Waals surface area contributed by atoms with Gasteiger partial charge in [-0.2, -0.15) is 0 Å². The third-order valence-corrected chi connectivity index (χ3v) is 5.93. The van der Waals surface area contributed by atoms with Gasteiger partial charge in [-0.15, -0.1) is 10.2 Å². The zero-order chi connectivity index (χ0) is 23.1. The van der Waals surface area contributed by atoms with E-state index >= 15 is 0 Å². The summed E-state index contributed by atoms with van der Waals surface area (Å²) in [6.07, 6.45) is 6.62. The van der Waals surface area contributed by atoms with E-state index in [9.17, 15) is 9.59 Å². The van der Waals surface area contributed by atoms with E-state index in [4.69, 9.17) is 4.74 Å². The van der Waals surface area contributed by atoms with Gasteiger partial charge < -0.3 is 19.9 Å². The summed E-state index contributed by atoms with van der Waals surface area (Å²) in [5.41, 5.74) is 1.19. The summed E-state index contributed by atoms with van der Waals surface area (Å²) >= 11 is 0. The van der Waals surface area contributed by atoms with Crippen molar-refractivity contribution in [1.82, 2.24) is 20.4 Å². The minimum Gasteiger partial charge on any atom is -0.444 e. The quantitative estimate of drug-likeness (QED) is 0.532. The lowest BCUT2D eigenvalue weighted by atomic mass is 9.83. The molecule has 3 rings (SSSR count). The van der Waals surface area contributed by atoms with Gasteiger partial charge >= 0.3 is 6.09 Å². The van der Waals surface area contributed by atoms with Gasteiger partial charge in [0.15, 0.2) is 11.5 Å². The van der Waals surface area contributed by atoms with Crippen LogP contribution in [0.3, 0.4) is 0 Å². The molecular formula is C24H37N5O3. The summed E-state index contributed by atoms with van der Waals surface area (Å²) in [6, 6.07) is 3.53. The van der Waals surface area contributed by atoms with Gasteiger partial charge in [0.2, 0.25) is 0 Å². The van der Waals surface area contributed by atoms with Gasteiger partial charge in [-0.1, -0.05) is 12.2 Å². The molecule has 2 amide bonds. The van der Waals surface area contributed by atoms with Gasteiger partial charge in [-0.25, -0.2) is 4.79 Å². The largest absolute Gasteiger partial charge is 0.444 e. The van der Waals surface area contributed by atoms with E-state index in [1.807, 2.05) is 26.8 Å². The van der Waals surface area contributed by atoms with Gasteiger partial charge in [-0.3, -0.25) is 4.79 Å². The molecule has 1 saturated carbocycles. The van der Waals surface area contributed by atoms with Crippen molar-refractivity contribution in [2.24, 2.45) is 5.92 Å². The van der Waals surface area contributed by atoms with Gasteiger partial charge in [0.1, 0.15) is 5.60 Å². The van der Waals surface area contributed by atoms with Crippen molar-refractivity contribution in [2.45, 2.75) is 64.9 Å². The average Bonchev–Trinajstić information content (AvgIpc) is 2.76. The Morgan fingerprint density at radius 3 is 2.56 bits per heavy atom. The molecule has 2 aliphatic rings. The normalized spacial score (nSPS) is 19.6. The summed E-state index contributed by atoms with van der Waals surface area (Å²) in [7, 11) is 0. The number of aromatic nitrogens is 2. The summed E-state index contributed by atoms with van der Waals surface area (Å²) in [4.78, 5) is 28.3. The highest BCUT2D eigenvalue weighted by atomic mass is 16.6. The van der Waals surface area contributed by atoms with Crippen LogP contribution in [0.25, 0.3) is 0 Å². The molecule has 0 bridgehead atoms. The van der Waals surface area contributed by atoms with Gasteiger partial charge in [-0.05, 0) is 77.3 Å².